The molecule has 0 spiro atoms. The molecule has 0 saturated carbocycles. The van der Waals surface area contributed by atoms with Gasteiger partial charge in [-0.15, -0.1) is 23.4 Å². The second-order valence-electron chi connectivity index (χ2n) is 3.68. The van der Waals surface area contributed by atoms with Gasteiger partial charge in [-0.05, 0) is 19.2 Å². The van der Waals surface area contributed by atoms with Gasteiger partial charge in [0, 0.05) is 16.0 Å². The van der Waals surface area contributed by atoms with Crippen LogP contribution in [0.2, 0.25) is 0 Å². The number of carboxylic acid groups (broad SMARTS) is 1. The lowest BCUT2D eigenvalue weighted by Gasteiger charge is -2.12. The Bertz CT molecular complexity index is 473. The number of alkyl halides is 1. The number of hydrogen-bond donors (Lipinski definition) is 2. The number of aliphatic carboxylic acids is 1. The zero-order valence-corrected chi connectivity index (χ0v) is 11.5. The second-order valence-corrected chi connectivity index (χ2v) is 5.18. The fourth-order valence-electron chi connectivity index (χ4n) is 1.45. The molecule has 0 radical (unpaired) electrons. The van der Waals surface area contributed by atoms with E-state index >= 15 is 0 Å². The minimum absolute atomic E-state index is 0.233. The molecule has 0 aliphatic carbocycles. The van der Waals surface area contributed by atoms with E-state index in [1.807, 2.05) is 0 Å². The van der Waals surface area contributed by atoms with Crippen LogP contribution in [0.5, 0.6) is 0 Å². The number of aliphatic hydroxyl groups excluding tert-OH is 1. The van der Waals surface area contributed by atoms with Crippen LogP contribution in [0.25, 0.3) is 0 Å². The van der Waals surface area contributed by atoms with E-state index in [-0.39, 0.29) is 11.3 Å². The van der Waals surface area contributed by atoms with Gasteiger partial charge < -0.3 is 10.2 Å². The number of rotatable bonds is 5. The van der Waals surface area contributed by atoms with Crippen molar-refractivity contribution < 1.29 is 19.8 Å². The number of carbonyl (C=O) groups is 2. The number of hydrogen-bond acceptors (Lipinski definition) is 4. The van der Waals surface area contributed by atoms with Crippen molar-refractivity contribution in [2.45, 2.75) is 23.3 Å². The molecule has 2 unspecified atom stereocenters. The first kappa shape index (κ1) is 15.0. The Balaban J connectivity index is 3.19. The van der Waals surface area contributed by atoms with E-state index in [0.717, 1.165) is 0 Å². The van der Waals surface area contributed by atoms with Crippen LogP contribution in [0.1, 0.15) is 28.9 Å². The fourth-order valence-corrected chi connectivity index (χ4v) is 2.24. The maximum absolute atomic E-state index is 11.7. The molecule has 0 fully saturated rings. The molecular formula is C12H13ClO4S. The lowest BCUT2D eigenvalue weighted by Crippen LogP contribution is -2.14. The van der Waals surface area contributed by atoms with E-state index in [4.69, 9.17) is 16.7 Å². The molecular weight excluding hydrogens is 276 g/mol. The van der Waals surface area contributed by atoms with Crippen LogP contribution >= 0.6 is 23.4 Å². The summed E-state index contributed by atoms with van der Waals surface area (Å²) in [6.45, 7) is 1.57. The minimum Gasteiger partial charge on any atom is -0.479 e. The van der Waals surface area contributed by atoms with Gasteiger partial charge in [-0.2, -0.15) is 0 Å². The first-order chi connectivity index (χ1) is 8.38. The zero-order chi connectivity index (χ0) is 13.9. The van der Waals surface area contributed by atoms with E-state index in [1.165, 1.54) is 23.9 Å². The van der Waals surface area contributed by atoms with Crippen molar-refractivity contribution >= 4 is 35.1 Å². The van der Waals surface area contributed by atoms with Crippen molar-refractivity contribution in [3.63, 3.8) is 0 Å². The van der Waals surface area contributed by atoms with Gasteiger partial charge in [-0.25, -0.2) is 4.79 Å². The maximum Gasteiger partial charge on any atom is 0.337 e. The first-order valence-corrected chi connectivity index (χ1v) is 6.81. The molecule has 0 aromatic heterocycles. The number of carboxylic acids is 1. The third-order valence-electron chi connectivity index (χ3n) is 2.41. The normalized spacial score (nSPS) is 14.0. The summed E-state index contributed by atoms with van der Waals surface area (Å²) in [6, 6.07) is 4.47. The second kappa shape index (κ2) is 6.22. The molecule has 1 rings (SSSR count). The van der Waals surface area contributed by atoms with Gasteiger partial charge in [-0.1, -0.05) is 12.1 Å². The van der Waals surface area contributed by atoms with Crippen molar-refractivity contribution in [3.05, 3.63) is 29.3 Å². The Labute approximate surface area is 114 Å². The summed E-state index contributed by atoms with van der Waals surface area (Å²) in [7, 11) is 0. The van der Waals surface area contributed by atoms with Gasteiger partial charge in [0.05, 0.1) is 5.38 Å². The van der Waals surface area contributed by atoms with Crippen LogP contribution in [0.15, 0.2) is 23.1 Å². The third kappa shape index (κ3) is 3.25. The summed E-state index contributed by atoms with van der Waals surface area (Å²) >= 11 is 6.98. The molecule has 4 nitrogen and oxygen atoms in total. The van der Waals surface area contributed by atoms with Crippen LogP contribution in [0.4, 0.5) is 0 Å². The lowest BCUT2D eigenvalue weighted by molar-refractivity contribution is -0.147. The molecule has 2 N–H and O–H groups in total. The van der Waals surface area contributed by atoms with Crippen LogP contribution in [-0.2, 0) is 4.79 Å². The number of Topliss-reactive ketones (excluding diaryl/α,β-unsaturated/α-hetero) is 1. The van der Waals surface area contributed by atoms with Gasteiger partial charge in [0.1, 0.15) is 0 Å². The monoisotopic (exact) mass is 288 g/mol. The average Bonchev–Trinajstić information content (AvgIpc) is 2.35. The fraction of sp³-hybridized carbons (Fsp3) is 0.333. The summed E-state index contributed by atoms with van der Waals surface area (Å²) in [5.74, 6) is -1.56. The maximum atomic E-state index is 11.7. The molecule has 18 heavy (non-hydrogen) atoms. The Morgan fingerprint density at radius 1 is 1.39 bits per heavy atom. The van der Waals surface area contributed by atoms with Crippen molar-refractivity contribution in [1.82, 2.24) is 0 Å². The quantitative estimate of drug-likeness (QED) is 0.494. The average molecular weight is 289 g/mol. The van der Waals surface area contributed by atoms with Crippen LogP contribution in [0, 0.1) is 0 Å². The Morgan fingerprint density at radius 2 is 2.00 bits per heavy atom. The van der Waals surface area contributed by atoms with E-state index in [2.05, 4.69) is 0 Å². The molecule has 1 aromatic rings. The lowest BCUT2D eigenvalue weighted by atomic mass is 10.0. The number of carbonyl (C=O) groups excluding carboxylic acids is 1. The highest BCUT2D eigenvalue weighted by molar-refractivity contribution is 7.98. The van der Waals surface area contributed by atoms with Gasteiger partial charge in [0.25, 0.3) is 0 Å². The third-order valence-corrected chi connectivity index (χ3v) is 3.40. The van der Waals surface area contributed by atoms with Gasteiger partial charge >= 0.3 is 5.97 Å². The number of ketones is 1. The topological polar surface area (TPSA) is 74.6 Å². The Morgan fingerprint density at radius 3 is 2.44 bits per heavy atom. The summed E-state index contributed by atoms with van der Waals surface area (Å²) in [5.41, 5.74) is 0.678. The summed E-state index contributed by atoms with van der Waals surface area (Å²) in [4.78, 5) is 23.0. The summed E-state index contributed by atoms with van der Waals surface area (Å²) < 4.78 is 0. The van der Waals surface area contributed by atoms with Crippen molar-refractivity contribution in [1.29, 1.82) is 0 Å². The molecule has 1 aromatic carbocycles. The molecule has 0 saturated heterocycles. The molecule has 0 bridgehead atoms. The molecule has 0 aliphatic rings. The smallest absolute Gasteiger partial charge is 0.337 e. The predicted molar refractivity (Wildman–Crippen MR) is 70.5 cm³/mol. The molecule has 0 heterocycles. The summed E-state index contributed by atoms with van der Waals surface area (Å²) in [6.07, 6.45) is 0.149. The van der Waals surface area contributed by atoms with E-state index in [9.17, 15) is 14.7 Å². The highest BCUT2D eigenvalue weighted by Gasteiger charge is 2.21. The number of aliphatic hydroxyl groups is 1. The van der Waals surface area contributed by atoms with Gasteiger partial charge in [-0.3, -0.25) is 4.79 Å². The van der Waals surface area contributed by atoms with E-state index in [1.54, 1.807) is 19.2 Å². The van der Waals surface area contributed by atoms with E-state index < -0.39 is 17.5 Å². The molecule has 0 amide bonds. The van der Waals surface area contributed by atoms with Crippen LogP contribution in [0.3, 0.4) is 0 Å². The van der Waals surface area contributed by atoms with Crippen molar-refractivity contribution in [3.8, 4) is 0 Å². The van der Waals surface area contributed by atoms with Gasteiger partial charge in [0.2, 0.25) is 0 Å². The highest BCUT2D eigenvalue weighted by Crippen LogP contribution is 2.28. The molecule has 2 atom stereocenters. The number of thioether (sulfide) groups is 1. The summed E-state index contributed by atoms with van der Waals surface area (Å²) in [5, 5.41) is 17.7. The Hall–Kier alpha value is -1.04. The molecule has 98 valence electrons. The number of halogens is 1. The predicted octanol–water partition coefficient (Wildman–Crippen LogP) is 2.34. The standard InChI is InChI=1S/C12H13ClO4S/c1-6(13)10(14)7-3-4-8(9(5-7)18-2)11(15)12(16)17/h3-6,11,15H,1-2H3,(H,16,17). The zero-order valence-electron chi connectivity index (χ0n) is 9.88. The van der Waals surface area contributed by atoms with Crippen LogP contribution in [-0.4, -0.2) is 33.6 Å². The largest absolute Gasteiger partial charge is 0.479 e. The molecule has 0 aliphatic heterocycles. The van der Waals surface area contributed by atoms with Crippen molar-refractivity contribution in [2.24, 2.45) is 0 Å². The van der Waals surface area contributed by atoms with Gasteiger partial charge in [0.15, 0.2) is 11.9 Å². The minimum atomic E-state index is -1.59. The highest BCUT2D eigenvalue weighted by atomic mass is 35.5. The SMILES string of the molecule is CSc1cc(C(=O)C(C)Cl)ccc1C(O)C(=O)O. The molecule has 6 heteroatoms. The Kier molecular flexibility index (Phi) is 5.19. The van der Waals surface area contributed by atoms with E-state index in [0.29, 0.717) is 10.5 Å². The first-order valence-electron chi connectivity index (χ1n) is 5.15. The number of benzene rings is 1. The van der Waals surface area contributed by atoms with Crippen molar-refractivity contribution in [2.75, 3.05) is 6.26 Å². The van der Waals surface area contributed by atoms with Crippen LogP contribution < -0.4 is 0 Å².